The highest BCUT2D eigenvalue weighted by Gasteiger charge is 2.49. The van der Waals surface area contributed by atoms with E-state index in [1.807, 2.05) is 0 Å². The maximum absolute atomic E-state index is 12.5. The fourth-order valence-corrected chi connectivity index (χ4v) is 2.98. The molecule has 23 heavy (non-hydrogen) atoms. The molecule has 0 aliphatic heterocycles. The number of rotatable bonds is 4. The van der Waals surface area contributed by atoms with Crippen LogP contribution in [-0.4, -0.2) is 41.7 Å². The van der Waals surface area contributed by atoms with Crippen molar-refractivity contribution >= 4 is 25.9 Å². The van der Waals surface area contributed by atoms with Gasteiger partial charge in [-0.1, -0.05) is 0 Å². The fourth-order valence-electron chi connectivity index (χ4n) is 1.55. The molecule has 1 aromatic rings. The number of carbonyl (C=O) groups is 1. The van der Waals surface area contributed by atoms with Gasteiger partial charge in [0.1, 0.15) is 4.90 Å². The normalized spacial score (nSPS) is 12.8. The van der Waals surface area contributed by atoms with Crippen molar-refractivity contribution in [2.45, 2.75) is 17.3 Å². The lowest BCUT2D eigenvalue weighted by Gasteiger charge is -2.16. The summed E-state index contributed by atoms with van der Waals surface area (Å²) in [5.41, 5.74) is -6.53. The first-order valence-corrected chi connectivity index (χ1v) is 8.95. The van der Waals surface area contributed by atoms with Crippen LogP contribution in [0.25, 0.3) is 0 Å². The number of hydrogen-bond donors (Lipinski definition) is 0. The molecule has 0 saturated carbocycles. The number of methoxy groups -OCH3 is 1. The van der Waals surface area contributed by atoms with Crippen molar-refractivity contribution in [3.8, 4) is 5.75 Å². The lowest BCUT2D eigenvalue weighted by Crippen LogP contribution is -2.29. The Bertz CT molecular complexity index is 839. The molecule has 1 aromatic carbocycles. The van der Waals surface area contributed by atoms with E-state index in [1.54, 1.807) is 0 Å². The molecule has 12 heteroatoms. The molecule has 0 saturated heterocycles. The highest BCUT2D eigenvalue weighted by Crippen LogP contribution is 2.35. The monoisotopic (exact) mass is 376 g/mol. The SMILES string of the molecule is COC(=O)c1ccc(S(C)(=O)=O)c(OS(=O)(=O)C(F)(F)F)c1C. The highest BCUT2D eigenvalue weighted by molar-refractivity contribution is 7.91. The number of benzene rings is 1. The quantitative estimate of drug-likeness (QED) is 0.445. The van der Waals surface area contributed by atoms with Gasteiger partial charge in [-0.25, -0.2) is 13.2 Å². The number of halogens is 3. The zero-order valence-corrected chi connectivity index (χ0v) is 13.6. The van der Waals surface area contributed by atoms with Crippen molar-refractivity contribution < 1.29 is 43.7 Å². The number of alkyl halides is 3. The standard InChI is InChI=1S/C11H11F3O7S2/c1-6-7(10(15)20-2)4-5-8(22(3,16)17)9(6)21-23(18,19)11(12,13)14/h4-5H,1-3H3. The van der Waals surface area contributed by atoms with Crippen molar-refractivity contribution in [1.29, 1.82) is 0 Å². The van der Waals surface area contributed by atoms with Crippen molar-refractivity contribution in [2.75, 3.05) is 13.4 Å². The zero-order valence-electron chi connectivity index (χ0n) is 12.0. The van der Waals surface area contributed by atoms with Gasteiger partial charge in [0, 0.05) is 11.8 Å². The number of carbonyl (C=O) groups excluding carboxylic acids is 1. The van der Waals surface area contributed by atoms with E-state index < -0.39 is 47.6 Å². The van der Waals surface area contributed by atoms with Crippen LogP contribution in [0.1, 0.15) is 15.9 Å². The minimum absolute atomic E-state index is 0.340. The third kappa shape index (κ3) is 3.93. The van der Waals surface area contributed by atoms with Crippen molar-refractivity contribution in [2.24, 2.45) is 0 Å². The molecule has 0 aliphatic rings. The van der Waals surface area contributed by atoms with E-state index >= 15 is 0 Å². The van der Waals surface area contributed by atoms with Crippen LogP contribution in [0, 0.1) is 6.92 Å². The van der Waals surface area contributed by atoms with E-state index in [0.717, 1.165) is 26.2 Å². The highest BCUT2D eigenvalue weighted by atomic mass is 32.2. The minimum atomic E-state index is -6.12. The van der Waals surface area contributed by atoms with E-state index in [0.29, 0.717) is 6.26 Å². The van der Waals surface area contributed by atoms with Gasteiger partial charge < -0.3 is 8.92 Å². The van der Waals surface area contributed by atoms with E-state index in [-0.39, 0.29) is 5.56 Å². The van der Waals surface area contributed by atoms with Crippen LogP contribution >= 0.6 is 0 Å². The number of esters is 1. The summed E-state index contributed by atoms with van der Waals surface area (Å²) in [6.07, 6.45) is 0.645. The summed E-state index contributed by atoms with van der Waals surface area (Å²) in [4.78, 5) is 10.7. The Morgan fingerprint density at radius 1 is 1.13 bits per heavy atom. The van der Waals surface area contributed by atoms with Crippen LogP contribution in [0.3, 0.4) is 0 Å². The molecule has 1 rings (SSSR count). The molecule has 0 aliphatic carbocycles. The molecule has 0 amide bonds. The van der Waals surface area contributed by atoms with Gasteiger partial charge in [-0.3, -0.25) is 0 Å². The van der Waals surface area contributed by atoms with Gasteiger partial charge in [-0.05, 0) is 19.1 Å². The maximum Gasteiger partial charge on any atom is 0.534 e. The van der Waals surface area contributed by atoms with Crippen molar-refractivity contribution in [1.82, 2.24) is 0 Å². The first-order chi connectivity index (χ1) is 10.2. The molecule has 0 bridgehead atoms. The molecule has 0 heterocycles. The van der Waals surface area contributed by atoms with Crippen molar-refractivity contribution in [3.63, 3.8) is 0 Å². The summed E-state index contributed by atoms with van der Waals surface area (Å²) in [6.45, 7) is 1.03. The molecule has 0 fully saturated rings. The zero-order chi connectivity index (χ0) is 18.2. The Morgan fingerprint density at radius 3 is 2.04 bits per heavy atom. The van der Waals surface area contributed by atoms with E-state index in [4.69, 9.17) is 0 Å². The van der Waals surface area contributed by atoms with Gasteiger partial charge in [0.2, 0.25) is 0 Å². The van der Waals surface area contributed by atoms with Crippen LogP contribution in [0.2, 0.25) is 0 Å². The number of sulfone groups is 1. The average Bonchev–Trinajstić information content (AvgIpc) is 2.37. The van der Waals surface area contributed by atoms with Gasteiger partial charge in [0.05, 0.1) is 12.7 Å². The third-order valence-electron chi connectivity index (χ3n) is 2.65. The maximum atomic E-state index is 12.5. The molecular weight excluding hydrogens is 365 g/mol. The Kier molecular flexibility index (Phi) is 5.01. The molecule has 130 valence electrons. The Labute approximate surface area is 130 Å². The van der Waals surface area contributed by atoms with Crippen LogP contribution < -0.4 is 4.18 Å². The third-order valence-corrected chi connectivity index (χ3v) is 4.72. The van der Waals surface area contributed by atoms with Crippen LogP contribution in [0.15, 0.2) is 17.0 Å². The van der Waals surface area contributed by atoms with Crippen LogP contribution in [-0.2, 0) is 24.7 Å². The summed E-state index contributed by atoms with van der Waals surface area (Å²) < 4.78 is 91.2. The summed E-state index contributed by atoms with van der Waals surface area (Å²) in [5.74, 6) is -2.11. The van der Waals surface area contributed by atoms with E-state index in [9.17, 15) is 34.8 Å². The average molecular weight is 376 g/mol. The topological polar surface area (TPSA) is 104 Å². The lowest BCUT2D eigenvalue weighted by atomic mass is 10.1. The largest absolute Gasteiger partial charge is 0.534 e. The van der Waals surface area contributed by atoms with Gasteiger partial charge >= 0.3 is 21.6 Å². The minimum Gasteiger partial charge on any atom is -0.465 e. The van der Waals surface area contributed by atoms with Gasteiger partial charge in [-0.2, -0.15) is 21.6 Å². The molecule has 0 spiro atoms. The Balaban J connectivity index is 3.70. The second-order valence-corrected chi connectivity index (χ2v) is 7.83. The molecule has 7 nitrogen and oxygen atoms in total. The molecule has 0 aromatic heterocycles. The molecule has 0 N–H and O–H groups in total. The summed E-state index contributed by atoms with van der Waals surface area (Å²) >= 11 is 0. The predicted molar refractivity (Wildman–Crippen MR) is 71.2 cm³/mol. The lowest BCUT2D eigenvalue weighted by molar-refractivity contribution is -0.0501. The second kappa shape index (κ2) is 6.00. The molecular formula is C11H11F3O7S2. The molecule has 0 radical (unpaired) electrons. The Morgan fingerprint density at radius 2 is 1.65 bits per heavy atom. The van der Waals surface area contributed by atoms with E-state index in [1.165, 1.54) is 0 Å². The van der Waals surface area contributed by atoms with Crippen LogP contribution in [0.4, 0.5) is 13.2 Å². The van der Waals surface area contributed by atoms with Gasteiger partial charge in [0.15, 0.2) is 15.6 Å². The summed E-state index contributed by atoms with van der Waals surface area (Å²) in [7, 11) is -9.27. The van der Waals surface area contributed by atoms with Gasteiger partial charge in [0.25, 0.3) is 0 Å². The smallest absolute Gasteiger partial charge is 0.465 e. The second-order valence-electron chi connectivity index (χ2n) is 4.31. The van der Waals surface area contributed by atoms with Gasteiger partial charge in [-0.15, -0.1) is 0 Å². The predicted octanol–water partition coefficient (Wildman–Crippen LogP) is 1.41. The Hall–Kier alpha value is -1.82. The van der Waals surface area contributed by atoms with Crippen LogP contribution in [0.5, 0.6) is 5.75 Å². The number of ether oxygens (including phenoxy) is 1. The first kappa shape index (κ1) is 19.2. The summed E-state index contributed by atoms with van der Waals surface area (Å²) in [5, 5.41) is 0. The molecule has 0 unspecified atom stereocenters. The molecule has 0 atom stereocenters. The summed E-state index contributed by atoms with van der Waals surface area (Å²) in [6, 6.07) is 1.74. The number of hydrogen-bond acceptors (Lipinski definition) is 7. The first-order valence-electron chi connectivity index (χ1n) is 5.65. The van der Waals surface area contributed by atoms with Crippen molar-refractivity contribution in [3.05, 3.63) is 23.3 Å². The fraction of sp³-hybridized carbons (Fsp3) is 0.364. The van der Waals surface area contributed by atoms with E-state index in [2.05, 4.69) is 8.92 Å².